The number of aromatic nitrogens is 10. The predicted molar refractivity (Wildman–Crippen MR) is 565 cm³/mol. The van der Waals surface area contributed by atoms with Crippen molar-refractivity contribution < 1.29 is 76.2 Å². The number of halogens is 1. The maximum absolute atomic E-state index is 14.7. The Balaban J connectivity index is 0.000000156. The summed E-state index contributed by atoms with van der Waals surface area (Å²) in [6.45, 7) is 41.8. The summed E-state index contributed by atoms with van der Waals surface area (Å²) in [4.78, 5) is 91.6. The van der Waals surface area contributed by atoms with Crippen LogP contribution >= 0.6 is 0 Å². The monoisotopic (exact) mass is 2090 g/mol. The van der Waals surface area contributed by atoms with Crippen molar-refractivity contribution >= 4 is 110 Å². The Bertz CT molecular complexity index is 7680. The number of carbonyl (C=O) groups excluding carboxylic acids is 4. The molecule has 4 amide bonds. The second kappa shape index (κ2) is 43.3. The van der Waals surface area contributed by atoms with Crippen LogP contribution in [0.5, 0.6) is 29.0 Å². The van der Waals surface area contributed by atoms with Gasteiger partial charge in [0.25, 0.3) is 63.7 Å². The zero-order valence-corrected chi connectivity index (χ0v) is 89.3. The van der Waals surface area contributed by atoms with Gasteiger partial charge >= 0.3 is 0 Å². The van der Waals surface area contributed by atoms with E-state index < -0.39 is 74.6 Å². The minimum absolute atomic E-state index is 0.00114. The summed E-state index contributed by atoms with van der Waals surface area (Å²) in [5, 5.41) is 3.19. The van der Waals surface area contributed by atoms with E-state index in [2.05, 4.69) is 131 Å². The summed E-state index contributed by atoms with van der Waals surface area (Å²) in [5.74, 6) is 0.927. The van der Waals surface area contributed by atoms with Gasteiger partial charge in [-0.25, -0.2) is 67.8 Å². The van der Waals surface area contributed by atoms with E-state index in [0.29, 0.717) is 84.5 Å². The molecule has 4 atom stereocenters. The van der Waals surface area contributed by atoms with Crippen LogP contribution in [0.4, 0.5) is 39.3 Å². The molecule has 2 saturated heterocycles. The molecule has 41 heteroatoms. The average molecular weight is 2090 g/mol. The number of pyridine rings is 8. The number of nitrogen functional groups attached to an aromatic ring is 4. The predicted octanol–water partition coefficient (Wildman–Crippen LogP) is 17.2. The lowest BCUT2D eigenvalue weighted by Gasteiger charge is -2.37. The standard InChI is InChI=1S/C30H34N4O4S.C28H34FN5O4S.C25H33N7O3S.C24H24N4O5S/c1-17-14-18(2)26(19(3)15-17)38-28-21(27(35)34-39(36,37)25-9-7-8-24(31)33-25)10-11-23(32-28)22-16-20-12-13-30(22,6)29(20,4)5;1-17(2)16-38-21-12-19(11-20(29)13-21)26-22(9-10-24(32-26)34-15-18(3)14-28(34,4)5)27(35)33-39(36,37)25-8-6-7-23(30)31-25;1-16(2)13-18-11-12-32(29-18)21-10-9-19(23(28-21)31-15-17(3)14-25(31,4)5)24(33)30-36(34,35)22-8-6-7-20(26)27-22;1-14-11-15(2)22(16(3)12-14)33-24-18(7-8-19(26-24)17-9-10-32-13-17)23(29)28-34(30,31)21-6-4-5-20(25)27-21/h7-11,14-16,20H,12-13H2,1-6H3,(H2,31,33)(H,34,35);6-13,17-18H,14-16H2,1-5H3,(H2,30,31)(H,33,35);6-12,16-17H,13-15H2,1-5H3,(H2,26,27)(H,30,33);4-8,11-13H,9-10H2,1-3H3,(H2,25,27)(H,28,29)/t;18-;17-;/m.00./s1. The van der Waals surface area contributed by atoms with Crippen molar-refractivity contribution in [1.82, 2.24) is 68.5 Å². The SMILES string of the molecule is CC(C)COc1cc(F)cc(-c2nc(N3C[C@@H](C)CC3(C)C)ccc2C(=O)NS(=O)(=O)c2cccc(N)n2)c1.CC(C)Cc1ccn(-c2ccc(C(=O)NS(=O)(=O)c3cccc(N)n3)c(N3C[C@@H](C)CC3(C)C)n2)n1.Cc1cc(C)c(Oc2nc(C3=CC4CCC3(C)C4(C)C)ccc2C(=O)NS(=O)(=O)c2cccc(N)n2)c(C)c1.Cc1cc(C)c(Oc2nc(C3=COCC3)ccc2C(=O)NS(=O)(=O)c2cccc(N)n2)c(C)c1. The van der Waals surface area contributed by atoms with Gasteiger partial charge in [0.2, 0.25) is 11.8 Å². The zero-order chi connectivity index (χ0) is 108. The van der Waals surface area contributed by atoms with E-state index in [1.165, 1.54) is 97.1 Å². The van der Waals surface area contributed by atoms with Crippen molar-refractivity contribution in [2.45, 2.75) is 201 Å². The Morgan fingerprint density at radius 1 is 0.493 bits per heavy atom. The Kier molecular flexibility index (Phi) is 31.8. The lowest BCUT2D eigenvalue weighted by Crippen LogP contribution is -2.41. The number of rotatable bonds is 27. The molecule has 3 aromatic carbocycles. The molecule has 2 aliphatic carbocycles. The van der Waals surface area contributed by atoms with Crippen LogP contribution < -0.4 is 65.8 Å². The summed E-state index contributed by atoms with van der Waals surface area (Å²) >= 11 is 0. The fourth-order valence-corrected chi connectivity index (χ4v) is 23.2. The average Bonchev–Trinajstić information content (AvgIpc) is 1.54. The molecule has 17 rings (SSSR count). The van der Waals surface area contributed by atoms with Crippen molar-refractivity contribution in [3.8, 4) is 46.1 Å². The fraction of sp³-hybridized carbons (Fsp3) is 0.355. The molecule has 0 spiro atoms. The minimum Gasteiger partial charge on any atom is -0.500 e. The Hall–Kier alpha value is -14.8. The van der Waals surface area contributed by atoms with Crippen LogP contribution in [0.1, 0.15) is 214 Å². The van der Waals surface area contributed by atoms with Gasteiger partial charge in [0.1, 0.15) is 69.1 Å². The van der Waals surface area contributed by atoms with Crippen LogP contribution in [0, 0.1) is 87.8 Å². The molecule has 3 aliphatic heterocycles. The molecule has 780 valence electrons. The first-order valence-corrected chi connectivity index (χ1v) is 54.2. The number of nitrogens with zero attached hydrogens (tertiary/aromatic N) is 12. The van der Waals surface area contributed by atoms with Gasteiger partial charge in [-0.05, 0) is 285 Å². The van der Waals surface area contributed by atoms with Gasteiger partial charge in [-0.2, -0.15) is 38.8 Å². The summed E-state index contributed by atoms with van der Waals surface area (Å²) in [7, 11) is -17.1. The molecule has 1 saturated carbocycles. The van der Waals surface area contributed by atoms with Crippen molar-refractivity contribution in [3.63, 3.8) is 0 Å². The number of allylic oxidation sites excluding steroid dienone is 2. The van der Waals surface area contributed by atoms with Crippen molar-refractivity contribution in [2.24, 2.45) is 40.4 Å². The van der Waals surface area contributed by atoms with E-state index >= 15 is 0 Å². The Labute approximate surface area is 862 Å². The normalized spacial score (nSPS) is 17.4. The van der Waals surface area contributed by atoms with Crippen molar-refractivity contribution in [2.75, 3.05) is 59.0 Å². The largest absolute Gasteiger partial charge is 0.500 e. The Morgan fingerprint density at radius 2 is 0.926 bits per heavy atom. The molecule has 9 aromatic heterocycles. The number of anilines is 6. The summed E-state index contributed by atoms with van der Waals surface area (Å²) in [6.07, 6.45) is 11.3. The molecular formula is C107H125FN20O16S4. The number of hydrogen-bond donors (Lipinski definition) is 8. The molecule has 148 heavy (non-hydrogen) atoms. The molecule has 2 bridgehead atoms. The molecule has 3 fully saturated rings. The van der Waals surface area contributed by atoms with Crippen LogP contribution in [0.15, 0.2) is 208 Å². The first-order valence-electron chi connectivity index (χ1n) is 48.3. The first kappa shape index (κ1) is 109. The van der Waals surface area contributed by atoms with Gasteiger partial charge in [-0.3, -0.25) is 19.2 Å². The topological polar surface area (TPSA) is 521 Å². The quantitative estimate of drug-likeness (QED) is 0.0237. The highest BCUT2D eigenvalue weighted by molar-refractivity contribution is 7.91. The molecule has 12 aromatic rings. The molecule has 5 aliphatic rings. The fourth-order valence-electron chi connectivity index (χ4n) is 19.4. The highest BCUT2D eigenvalue weighted by Gasteiger charge is 2.58. The van der Waals surface area contributed by atoms with Crippen LogP contribution in [0.25, 0.3) is 28.2 Å². The van der Waals surface area contributed by atoms with Crippen LogP contribution in [0.2, 0.25) is 0 Å². The van der Waals surface area contributed by atoms with Crippen LogP contribution in [-0.2, 0) is 51.3 Å². The molecule has 36 nitrogen and oxygen atoms in total. The lowest BCUT2D eigenvalue weighted by molar-refractivity contribution is 0.0969. The van der Waals surface area contributed by atoms with Crippen LogP contribution in [0.3, 0.4) is 0 Å². The highest BCUT2D eigenvalue weighted by atomic mass is 32.2. The van der Waals surface area contributed by atoms with E-state index in [4.69, 9.17) is 56.8 Å². The molecular weight excluding hydrogens is 1970 g/mol. The Morgan fingerprint density at radius 3 is 1.34 bits per heavy atom. The second-order valence-electron chi connectivity index (χ2n) is 40.9. The first-order chi connectivity index (χ1) is 69.5. The number of benzene rings is 3. The van der Waals surface area contributed by atoms with E-state index in [9.17, 15) is 57.2 Å². The number of carbonyl (C=O) groups is 4. The van der Waals surface area contributed by atoms with E-state index in [1.54, 1.807) is 53.4 Å². The minimum atomic E-state index is -4.34. The lowest BCUT2D eigenvalue weighted by atomic mass is 9.67. The molecule has 12 heterocycles. The number of amides is 4. The van der Waals surface area contributed by atoms with Gasteiger partial charge in [0.15, 0.2) is 25.9 Å². The van der Waals surface area contributed by atoms with E-state index in [0.717, 1.165) is 94.6 Å². The van der Waals surface area contributed by atoms with E-state index in [1.807, 2.05) is 101 Å². The summed E-state index contributed by atoms with van der Waals surface area (Å²) in [6, 6.07) is 43.5. The van der Waals surface area contributed by atoms with Gasteiger partial charge in [0, 0.05) is 54.0 Å². The van der Waals surface area contributed by atoms with Gasteiger partial charge in [-0.15, -0.1) is 0 Å². The number of ether oxygens (including phenoxy) is 4. The zero-order valence-electron chi connectivity index (χ0n) is 86.1. The maximum Gasteiger partial charge on any atom is 0.281 e. The third-order valence-electron chi connectivity index (χ3n) is 26.5. The van der Waals surface area contributed by atoms with Gasteiger partial charge < -0.3 is 51.7 Å². The number of aryl methyl sites for hydroxylation is 6. The summed E-state index contributed by atoms with van der Waals surface area (Å²) < 4.78 is 151. The van der Waals surface area contributed by atoms with E-state index in [-0.39, 0.29) is 117 Å². The number of nitrogens with two attached hydrogens (primary N) is 4. The second-order valence-corrected chi connectivity index (χ2v) is 47.5. The molecule has 2 unspecified atom stereocenters. The van der Waals surface area contributed by atoms with Crippen molar-refractivity contribution in [1.29, 1.82) is 0 Å². The highest BCUT2D eigenvalue weighted by Crippen LogP contribution is 2.67. The number of sulfonamides is 4. The maximum atomic E-state index is 14.7. The van der Waals surface area contributed by atoms with Crippen molar-refractivity contribution in [3.05, 3.63) is 267 Å². The number of fused-ring (bicyclic) bond motifs is 2. The van der Waals surface area contributed by atoms with Gasteiger partial charge in [0.05, 0.1) is 53.4 Å². The number of hydrogen-bond acceptors (Lipinski definition) is 31. The number of nitrogens with one attached hydrogen (secondary N) is 4. The summed E-state index contributed by atoms with van der Waals surface area (Å²) in [5.41, 5.74) is 32.4. The molecule has 0 radical (unpaired) electrons. The molecule has 12 N–H and O–H groups in total. The van der Waals surface area contributed by atoms with Gasteiger partial charge in [-0.1, -0.05) is 128 Å². The third kappa shape index (κ3) is 24.8. The smallest absolute Gasteiger partial charge is 0.281 e. The van der Waals surface area contributed by atoms with Crippen LogP contribution in [-0.4, -0.2) is 144 Å². The third-order valence-corrected chi connectivity index (χ3v) is 31.5.